The van der Waals surface area contributed by atoms with Crippen LogP contribution in [0.5, 0.6) is 0 Å². The van der Waals surface area contributed by atoms with Gasteiger partial charge in [-0.1, -0.05) is 6.07 Å². The zero-order valence-electron chi connectivity index (χ0n) is 12.8. The third-order valence-electron chi connectivity index (χ3n) is 4.74. The lowest BCUT2D eigenvalue weighted by Gasteiger charge is -2.27. The third kappa shape index (κ3) is 2.57. The Labute approximate surface area is 134 Å². The number of imide groups is 1. The van der Waals surface area contributed by atoms with Gasteiger partial charge in [-0.15, -0.1) is 0 Å². The van der Waals surface area contributed by atoms with Crippen LogP contribution in [-0.2, 0) is 21.2 Å². The van der Waals surface area contributed by atoms with Crippen LogP contribution in [0.3, 0.4) is 0 Å². The highest BCUT2D eigenvalue weighted by Crippen LogP contribution is 2.37. The fourth-order valence-electron chi connectivity index (χ4n) is 2.94. The van der Waals surface area contributed by atoms with Crippen molar-refractivity contribution in [1.82, 2.24) is 9.62 Å². The molecule has 6 nitrogen and oxygen atoms in total. The van der Waals surface area contributed by atoms with E-state index in [0.29, 0.717) is 11.1 Å². The Kier molecular flexibility index (Phi) is 2.99. The molecule has 1 aliphatic heterocycles. The predicted molar refractivity (Wildman–Crippen MR) is 82.3 cm³/mol. The highest BCUT2D eigenvalue weighted by atomic mass is 32.2. The van der Waals surface area contributed by atoms with Crippen LogP contribution < -0.4 is 4.72 Å². The Bertz CT molecular complexity index is 822. The molecule has 0 unspecified atom stereocenters. The molecule has 0 atom stereocenters. The molecule has 23 heavy (non-hydrogen) atoms. The van der Waals surface area contributed by atoms with Gasteiger partial charge in [-0.25, -0.2) is 13.1 Å². The van der Waals surface area contributed by atoms with E-state index >= 15 is 0 Å². The molecule has 2 aliphatic carbocycles. The number of amides is 2. The fourth-order valence-corrected chi connectivity index (χ4v) is 4.43. The van der Waals surface area contributed by atoms with Gasteiger partial charge < -0.3 is 0 Å². The zero-order chi connectivity index (χ0) is 16.4. The largest absolute Gasteiger partial charge is 0.275 e. The number of rotatable bonds is 4. The molecular formula is C16H18N2O4S. The third-order valence-corrected chi connectivity index (χ3v) is 6.38. The van der Waals surface area contributed by atoms with Crippen molar-refractivity contribution in [2.24, 2.45) is 0 Å². The molecule has 0 spiro atoms. The van der Waals surface area contributed by atoms with Gasteiger partial charge in [0.15, 0.2) is 0 Å². The van der Waals surface area contributed by atoms with E-state index in [-0.39, 0.29) is 34.7 Å². The van der Waals surface area contributed by atoms with Gasteiger partial charge in [0, 0.05) is 17.1 Å². The minimum absolute atomic E-state index is 0.00749. The summed E-state index contributed by atoms with van der Waals surface area (Å²) in [7, 11) is -3.65. The second kappa shape index (κ2) is 4.64. The number of benzene rings is 1. The van der Waals surface area contributed by atoms with Gasteiger partial charge in [-0.2, -0.15) is 0 Å². The van der Waals surface area contributed by atoms with Gasteiger partial charge in [-0.3, -0.25) is 14.5 Å². The van der Waals surface area contributed by atoms with Gasteiger partial charge >= 0.3 is 0 Å². The normalized spacial score (nSPS) is 22.9. The Hall–Kier alpha value is -1.73. The number of nitrogens with zero attached hydrogens (tertiary/aromatic N) is 1. The molecule has 4 rings (SSSR count). The van der Waals surface area contributed by atoms with E-state index < -0.39 is 10.0 Å². The van der Waals surface area contributed by atoms with Crippen LogP contribution >= 0.6 is 0 Å². The monoisotopic (exact) mass is 334 g/mol. The van der Waals surface area contributed by atoms with Crippen molar-refractivity contribution < 1.29 is 18.0 Å². The predicted octanol–water partition coefficient (Wildman–Crippen LogP) is 1.20. The number of carbonyl (C=O) groups is 2. The summed E-state index contributed by atoms with van der Waals surface area (Å²) in [6.07, 6.45) is 3.47. The summed E-state index contributed by atoms with van der Waals surface area (Å²) in [6, 6.07) is 4.46. The minimum atomic E-state index is -3.65. The van der Waals surface area contributed by atoms with Gasteiger partial charge in [-0.05, 0) is 50.3 Å². The topological polar surface area (TPSA) is 83.6 Å². The van der Waals surface area contributed by atoms with Crippen LogP contribution in [0.1, 0.15) is 48.5 Å². The Morgan fingerprint density at radius 1 is 1.22 bits per heavy atom. The molecule has 1 heterocycles. The minimum Gasteiger partial charge on any atom is -0.275 e. The van der Waals surface area contributed by atoms with Crippen LogP contribution in [0, 0.1) is 0 Å². The molecule has 1 N–H and O–H groups in total. The SMILES string of the molecule is CC1(NS(=O)(=O)c2ccc3c(c2)C(=O)N(C2CC2)C(=O)C3)CC1. The Morgan fingerprint density at radius 3 is 2.52 bits per heavy atom. The lowest BCUT2D eigenvalue weighted by molar-refractivity contribution is -0.128. The second-order valence-corrected chi connectivity index (χ2v) is 8.64. The van der Waals surface area contributed by atoms with E-state index in [2.05, 4.69) is 4.72 Å². The van der Waals surface area contributed by atoms with Crippen molar-refractivity contribution in [3.63, 3.8) is 0 Å². The average molecular weight is 334 g/mol. The number of fused-ring (bicyclic) bond motifs is 1. The van der Waals surface area contributed by atoms with E-state index in [0.717, 1.165) is 25.7 Å². The van der Waals surface area contributed by atoms with Gasteiger partial charge in [0.2, 0.25) is 15.9 Å². The van der Waals surface area contributed by atoms with E-state index in [4.69, 9.17) is 0 Å². The Balaban J connectivity index is 1.70. The number of nitrogens with one attached hydrogen (secondary N) is 1. The lowest BCUT2D eigenvalue weighted by Crippen LogP contribution is -2.44. The first-order valence-corrected chi connectivity index (χ1v) is 9.31. The first-order valence-electron chi connectivity index (χ1n) is 7.82. The highest BCUT2D eigenvalue weighted by molar-refractivity contribution is 7.89. The molecule has 0 radical (unpaired) electrons. The molecule has 0 saturated heterocycles. The smallest absolute Gasteiger partial charge is 0.261 e. The Morgan fingerprint density at radius 2 is 1.91 bits per heavy atom. The summed E-state index contributed by atoms with van der Waals surface area (Å²) in [5.74, 6) is -0.558. The molecule has 1 aromatic carbocycles. The standard InChI is InChI=1S/C16H18N2O4S/c1-16(6-7-16)17-23(21,22)12-5-2-10-8-14(19)18(11-3-4-11)15(20)13(10)9-12/h2,5,9,11,17H,3-4,6-8H2,1H3. The fraction of sp³-hybridized carbons (Fsp3) is 0.500. The van der Waals surface area contributed by atoms with E-state index in [1.54, 1.807) is 6.07 Å². The van der Waals surface area contributed by atoms with E-state index in [9.17, 15) is 18.0 Å². The number of sulfonamides is 1. The lowest BCUT2D eigenvalue weighted by atomic mass is 9.98. The molecule has 0 aromatic heterocycles. The van der Waals surface area contributed by atoms with Gasteiger partial charge in [0.05, 0.1) is 11.3 Å². The molecule has 122 valence electrons. The molecule has 2 fully saturated rings. The number of hydrogen-bond acceptors (Lipinski definition) is 4. The first kappa shape index (κ1) is 14.8. The second-order valence-electron chi connectivity index (χ2n) is 6.96. The molecular weight excluding hydrogens is 316 g/mol. The van der Waals surface area contributed by atoms with Crippen LogP contribution in [0.25, 0.3) is 0 Å². The van der Waals surface area contributed by atoms with Crippen molar-refractivity contribution in [3.05, 3.63) is 29.3 Å². The summed E-state index contributed by atoms with van der Waals surface area (Å²) >= 11 is 0. The summed E-state index contributed by atoms with van der Waals surface area (Å²) < 4.78 is 27.6. The van der Waals surface area contributed by atoms with Crippen molar-refractivity contribution >= 4 is 21.8 Å². The number of hydrogen-bond donors (Lipinski definition) is 1. The van der Waals surface area contributed by atoms with Crippen LogP contribution in [0.15, 0.2) is 23.1 Å². The van der Waals surface area contributed by atoms with Crippen LogP contribution in [0.2, 0.25) is 0 Å². The molecule has 3 aliphatic rings. The highest BCUT2D eigenvalue weighted by Gasteiger charge is 2.43. The maximum atomic E-state index is 12.6. The summed E-state index contributed by atoms with van der Waals surface area (Å²) in [4.78, 5) is 26.1. The zero-order valence-corrected chi connectivity index (χ0v) is 13.6. The summed E-state index contributed by atoms with van der Waals surface area (Å²) in [5, 5.41) is 0. The summed E-state index contributed by atoms with van der Waals surface area (Å²) in [5.41, 5.74) is 0.572. The van der Waals surface area contributed by atoms with Crippen LogP contribution in [0.4, 0.5) is 0 Å². The van der Waals surface area contributed by atoms with Crippen molar-refractivity contribution in [2.45, 2.75) is 55.5 Å². The molecule has 2 saturated carbocycles. The van der Waals surface area contributed by atoms with E-state index in [1.165, 1.54) is 17.0 Å². The molecule has 2 amide bonds. The van der Waals surface area contributed by atoms with Gasteiger partial charge in [0.25, 0.3) is 5.91 Å². The average Bonchev–Trinajstić information content (AvgIpc) is 3.37. The van der Waals surface area contributed by atoms with E-state index in [1.807, 2.05) is 6.92 Å². The molecule has 1 aromatic rings. The maximum Gasteiger partial charge on any atom is 0.261 e. The quantitative estimate of drug-likeness (QED) is 0.839. The van der Waals surface area contributed by atoms with Crippen LogP contribution in [-0.4, -0.2) is 36.7 Å². The number of carbonyl (C=O) groups excluding carboxylic acids is 2. The molecule has 7 heteroatoms. The maximum absolute atomic E-state index is 12.6. The van der Waals surface area contributed by atoms with Crippen molar-refractivity contribution in [1.29, 1.82) is 0 Å². The molecule has 0 bridgehead atoms. The van der Waals surface area contributed by atoms with Crippen molar-refractivity contribution in [2.75, 3.05) is 0 Å². The van der Waals surface area contributed by atoms with Crippen molar-refractivity contribution in [3.8, 4) is 0 Å². The van der Waals surface area contributed by atoms with Gasteiger partial charge in [0.1, 0.15) is 0 Å². The first-order chi connectivity index (χ1) is 10.8. The summed E-state index contributed by atoms with van der Waals surface area (Å²) in [6.45, 7) is 1.86.